The quantitative estimate of drug-likeness (QED) is 0.290. The Morgan fingerprint density at radius 2 is 1.79 bits per heavy atom. The summed E-state index contributed by atoms with van der Waals surface area (Å²) >= 11 is 5.36. The zero-order valence-corrected chi connectivity index (χ0v) is 20.7. The van der Waals surface area contributed by atoms with Crippen LogP contribution in [0.15, 0.2) is 48.5 Å². The molecule has 0 aromatic heterocycles. The number of hydrogen-bond donors (Lipinski definition) is 2. The van der Waals surface area contributed by atoms with Gasteiger partial charge in [0.1, 0.15) is 6.61 Å². The van der Waals surface area contributed by atoms with Crippen LogP contribution in [0.2, 0.25) is 0 Å². The molecular formula is C25H35N3O4S. The second-order valence-corrected chi connectivity index (χ2v) is 9.14. The number of methoxy groups -OCH3 is 1. The zero-order valence-electron chi connectivity index (χ0n) is 19.9. The topological polar surface area (TPSA) is 100 Å². The van der Waals surface area contributed by atoms with Crippen LogP contribution in [-0.2, 0) is 22.5 Å². The van der Waals surface area contributed by atoms with E-state index in [4.69, 9.17) is 37.9 Å². The molecule has 0 fully saturated rings. The Balaban J connectivity index is 2.27. The molecule has 0 radical (unpaired) electrons. The number of thiocarbonyl (C=S) groups is 1. The van der Waals surface area contributed by atoms with Gasteiger partial charge in [-0.15, -0.1) is 0 Å². The van der Waals surface area contributed by atoms with E-state index in [1.807, 2.05) is 69.3 Å². The molecule has 0 saturated carbocycles. The predicted octanol–water partition coefficient (Wildman–Crippen LogP) is 3.63. The highest BCUT2D eigenvalue weighted by atomic mass is 32.1. The highest BCUT2D eigenvalue weighted by molar-refractivity contribution is 7.80. The van der Waals surface area contributed by atoms with Gasteiger partial charge in [0.2, 0.25) is 0 Å². The van der Waals surface area contributed by atoms with Crippen molar-refractivity contribution in [3.8, 4) is 11.5 Å². The van der Waals surface area contributed by atoms with Crippen molar-refractivity contribution in [1.82, 2.24) is 4.90 Å². The van der Waals surface area contributed by atoms with Crippen molar-refractivity contribution in [3.63, 3.8) is 0 Å². The Bertz CT molecular complexity index is 916. The molecule has 2 aromatic carbocycles. The van der Waals surface area contributed by atoms with Gasteiger partial charge >= 0.3 is 5.97 Å². The van der Waals surface area contributed by atoms with Crippen LogP contribution in [0.4, 0.5) is 0 Å². The number of nitrogens with two attached hydrogens (primary N) is 2. The van der Waals surface area contributed by atoms with Crippen LogP contribution >= 0.6 is 12.2 Å². The van der Waals surface area contributed by atoms with Gasteiger partial charge in [0.05, 0.1) is 12.5 Å². The van der Waals surface area contributed by atoms with Crippen molar-refractivity contribution in [2.24, 2.45) is 16.9 Å². The summed E-state index contributed by atoms with van der Waals surface area (Å²) in [4.78, 5) is 14.5. The lowest BCUT2D eigenvalue weighted by Crippen LogP contribution is -2.46. The molecule has 8 heteroatoms. The number of nitrogens with zero attached hydrogens (tertiary/aromatic N) is 1. The van der Waals surface area contributed by atoms with Gasteiger partial charge < -0.3 is 30.6 Å². The van der Waals surface area contributed by atoms with E-state index < -0.39 is 11.6 Å². The fourth-order valence-electron chi connectivity index (χ4n) is 3.13. The van der Waals surface area contributed by atoms with Gasteiger partial charge in [0.15, 0.2) is 22.8 Å². The van der Waals surface area contributed by atoms with Crippen LogP contribution in [0.3, 0.4) is 0 Å². The molecule has 0 amide bonds. The summed E-state index contributed by atoms with van der Waals surface area (Å²) < 4.78 is 17.0. The average molecular weight is 474 g/mol. The van der Waals surface area contributed by atoms with E-state index in [0.717, 1.165) is 11.1 Å². The first kappa shape index (κ1) is 26.4. The van der Waals surface area contributed by atoms with E-state index in [1.165, 1.54) is 0 Å². The van der Waals surface area contributed by atoms with Crippen molar-refractivity contribution in [1.29, 1.82) is 0 Å². The lowest BCUT2D eigenvalue weighted by atomic mass is 9.97. The van der Waals surface area contributed by atoms with Crippen molar-refractivity contribution in [3.05, 3.63) is 59.7 Å². The summed E-state index contributed by atoms with van der Waals surface area (Å²) in [5.74, 6) is 0.870. The lowest BCUT2D eigenvalue weighted by molar-refractivity contribution is -0.166. The van der Waals surface area contributed by atoms with Gasteiger partial charge in [0.25, 0.3) is 0 Å². The van der Waals surface area contributed by atoms with E-state index in [2.05, 4.69) is 0 Å². The van der Waals surface area contributed by atoms with Crippen molar-refractivity contribution < 1.29 is 19.0 Å². The van der Waals surface area contributed by atoms with Gasteiger partial charge in [-0.3, -0.25) is 4.79 Å². The minimum absolute atomic E-state index is 0.150. The molecule has 0 aliphatic heterocycles. The summed E-state index contributed by atoms with van der Waals surface area (Å²) in [7, 11) is 1.58. The summed E-state index contributed by atoms with van der Waals surface area (Å²) in [6.07, 6.45) is 0.628. The molecule has 4 N–H and O–H groups in total. The lowest BCUT2D eigenvalue weighted by Gasteiger charge is -2.33. The molecule has 7 nitrogen and oxygen atoms in total. The van der Waals surface area contributed by atoms with E-state index in [0.29, 0.717) is 44.0 Å². The van der Waals surface area contributed by atoms with Crippen molar-refractivity contribution in [2.45, 2.75) is 46.4 Å². The van der Waals surface area contributed by atoms with E-state index in [1.54, 1.807) is 12.0 Å². The first-order valence-electron chi connectivity index (χ1n) is 11.0. The third-order valence-electron chi connectivity index (χ3n) is 4.97. The van der Waals surface area contributed by atoms with Gasteiger partial charge in [-0.05, 0) is 62.7 Å². The minimum Gasteiger partial charge on any atom is -0.493 e. The number of esters is 1. The molecule has 1 atom stereocenters. The number of ether oxygens (including phenoxy) is 3. The number of carbonyl (C=O) groups is 1. The molecule has 2 aromatic rings. The minimum atomic E-state index is -0.655. The maximum Gasteiger partial charge on any atom is 0.313 e. The maximum atomic E-state index is 12.7. The van der Waals surface area contributed by atoms with E-state index in [-0.39, 0.29) is 11.1 Å². The van der Waals surface area contributed by atoms with Gasteiger partial charge in [-0.25, -0.2) is 0 Å². The Morgan fingerprint density at radius 1 is 1.09 bits per heavy atom. The summed E-state index contributed by atoms with van der Waals surface area (Å²) in [5, 5.41) is 0.150. The first-order chi connectivity index (χ1) is 15.7. The Hall–Kier alpha value is -2.84. The van der Waals surface area contributed by atoms with Crippen LogP contribution in [0.25, 0.3) is 0 Å². The summed E-state index contributed by atoms with van der Waals surface area (Å²) in [6.45, 7) is 6.60. The van der Waals surface area contributed by atoms with Crippen LogP contribution in [-0.4, -0.2) is 42.5 Å². The molecule has 33 heavy (non-hydrogen) atoms. The third-order valence-corrected chi connectivity index (χ3v) is 5.20. The van der Waals surface area contributed by atoms with Crippen LogP contribution in [0, 0.1) is 5.41 Å². The fraction of sp³-hybridized carbons (Fsp3) is 0.440. The molecule has 0 aliphatic carbocycles. The zero-order chi connectivity index (χ0) is 24.4. The molecule has 0 heterocycles. The second kappa shape index (κ2) is 12.4. The Morgan fingerprint density at radius 3 is 2.36 bits per heavy atom. The monoisotopic (exact) mass is 473 g/mol. The van der Waals surface area contributed by atoms with Crippen molar-refractivity contribution >= 4 is 23.3 Å². The maximum absolute atomic E-state index is 12.7. The number of hydrogen-bond acceptors (Lipinski definition) is 6. The predicted molar refractivity (Wildman–Crippen MR) is 134 cm³/mol. The summed E-state index contributed by atoms with van der Waals surface area (Å²) in [5.41, 5.74) is 13.0. The number of carbonyl (C=O) groups excluding carboxylic acids is 1. The normalized spacial score (nSPS) is 12.0. The van der Waals surface area contributed by atoms with Crippen molar-refractivity contribution in [2.75, 3.05) is 20.3 Å². The molecule has 180 valence electrons. The molecular weight excluding hydrogens is 438 g/mol. The van der Waals surface area contributed by atoms with Crippen LogP contribution in [0.5, 0.6) is 11.5 Å². The Labute approximate surface area is 202 Å². The largest absolute Gasteiger partial charge is 0.493 e. The molecule has 0 bridgehead atoms. The van der Waals surface area contributed by atoms with Crippen LogP contribution in [0.1, 0.15) is 38.3 Å². The molecule has 0 saturated heterocycles. The SMILES string of the molecule is COc1cc(CN(C(N)=S)C(CCc2ccccc2)OC(=O)C(C)(C)C)ccc1OCCN. The number of benzene rings is 2. The van der Waals surface area contributed by atoms with Gasteiger partial charge in [0, 0.05) is 19.5 Å². The number of rotatable bonds is 11. The smallest absolute Gasteiger partial charge is 0.313 e. The fourth-order valence-corrected chi connectivity index (χ4v) is 3.31. The van der Waals surface area contributed by atoms with Crippen LogP contribution < -0.4 is 20.9 Å². The van der Waals surface area contributed by atoms with Gasteiger partial charge in [-0.2, -0.15) is 0 Å². The molecule has 2 rings (SSSR count). The molecule has 0 aliphatic rings. The average Bonchev–Trinajstić information content (AvgIpc) is 2.79. The second-order valence-electron chi connectivity index (χ2n) is 8.72. The van der Waals surface area contributed by atoms with Gasteiger partial charge in [-0.1, -0.05) is 36.4 Å². The van der Waals surface area contributed by atoms with E-state index in [9.17, 15) is 4.79 Å². The standard InChI is InChI=1S/C25H35N3O4S/c1-25(2,3)23(29)32-22(13-11-18-8-6-5-7-9-18)28(24(27)33)17-19-10-12-20(31-15-14-26)21(16-19)30-4/h5-10,12,16,22H,11,13-15,17,26H2,1-4H3,(H2,27,33). The molecule has 1 unspecified atom stereocenters. The highest BCUT2D eigenvalue weighted by Gasteiger charge is 2.30. The molecule has 0 spiro atoms. The highest BCUT2D eigenvalue weighted by Crippen LogP contribution is 2.29. The number of aryl methyl sites for hydroxylation is 1. The third kappa shape index (κ3) is 8.22. The first-order valence-corrected chi connectivity index (χ1v) is 11.4. The summed E-state index contributed by atoms with van der Waals surface area (Å²) in [6, 6.07) is 15.6. The Kier molecular flexibility index (Phi) is 9.94. The van der Waals surface area contributed by atoms with E-state index >= 15 is 0 Å².